The Labute approximate surface area is 244 Å². The van der Waals surface area contributed by atoms with Crippen molar-refractivity contribution in [3.05, 3.63) is 126 Å². The fourth-order valence-electron chi connectivity index (χ4n) is 4.99. The number of halogens is 1. The van der Waals surface area contributed by atoms with E-state index >= 15 is 0 Å². The van der Waals surface area contributed by atoms with E-state index < -0.39 is 35.3 Å². The van der Waals surface area contributed by atoms with E-state index in [0.717, 1.165) is 16.7 Å². The minimum absolute atomic E-state index is 0.0137. The lowest BCUT2D eigenvalue weighted by molar-refractivity contribution is -0.0944. The summed E-state index contributed by atoms with van der Waals surface area (Å²) in [5.74, 6) is 1.41. The zero-order valence-corrected chi connectivity index (χ0v) is 24.1. The fraction of sp³-hybridized carbons (Fsp3) is 0.267. The lowest BCUT2D eigenvalue weighted by Crippen LogP contribution is -2.38. The van der Waals surface area contributed by atoms with Crippen molar-refractivity contribution < 1.29 is 24.1 Å². The number of nitrogens with zero attached hydrogens (tertiary/aromatic N) is 1. The van der Waals surface area contributed by atoms with Gasteiger partial charge in [-0.2, -0.15) is 0 Å². The summed E-state index contributed by atoms with van der Waals surface area (Å²) in [5.41, 5.74) is 0.428. The second-order valence-corrected chi connectivity index (χ2v) is 10.6. The van der Waals surface area contributed by atoms with Crippen LogP contribution in [-0.2, 0) is 15.1 Å². The third-order valence-corrected chi connectivity index (χ3v) is 7.84. The van der Waals surface area contributed by atoms with Gasteiger partial charge in [-0.1, -0.05) is 54.6 Å². The molecule has 10 heteroatoms. The van der Waals surface area contributed by atoms with E-state index in [1.165, 1.54) is 10.8 Å². The molecule has 40 heavy (non-hydrogen) atoms. The fourth-order valence-corrected chi connectivity index (χ4v) is 5.43. The summed E-state index contributed by atoms with van der Waals surface area (Å²) >= 11 is 1.86. The smallest absolute Gasteiger partial charge is 0.330 e. The van der Waals surface area contributed by atoms with E-state index in [4.69, 9.17) is 18.9 Å². The number of benzene rings is 3. The Morgan fingerprint density at radius 1 is 0.925 bits per heavy atom. The van der Waals surface area contributed by atoms with Gasteiger partial charge < -0.3 is 24.1 Å². The number of aliphatic hydroxyl groups excluding tert-OH is 1. The molecule has 2 heterocycles. The number of nitrogens with one attached hydrogen (secondary N) is 1. The first kappa shape index (κ1) is 28.1. The monoisotopic (exact) mass is 656 g/mol. The first-order chi connectivity index (χ1) is 19.3. The molecule has 0 amide bonds. The van der Waals surface area contributed by atoms with Crippen LogP contribution in [0.2, 0.25) is 0 Å². The van der Waals surface area contributed by atoms with Crippen LogP contribution in [0, 0.1) is 3.57 Å². The summed E-state index contributed by atoms with van der Waals surface area (Å²) in [6, 6.07) is 25.1. The molecule has 0 spiro atoms. The quantitative estimate of drug-likeness (QED) is 0.208. The Balaban J connectivity index is 1.54. The van der Waals surface area contributed by atoms with Gasteiger partial charge in [0.1, 0.15) is 29.4 Å². The van der Waals surface area contributed by atoms with Crippen molar-refractivity contribution >= 4 is 22.6 Å². The zero-order chi connectivity index (χ0) is 28.3. The van der Waals surface area contributed by atoms with Crippen molar-refractivity contribution in [1.82, 2.24) is 9.55 Å². The van der Waals surface area contributed by atoms with Gasteiger partial charge in [-0.3, -0.25) is 14.3 Å². The number of methoxy groups -OCH3 is 2. The minimum Gasteiger partial charge on any atom is -0.497 e. The van der Waals surface area contributed by atoms with Crippen molar-refractivity contribution in [3.63, 3.8) is 0 Å². The Kier molecular flexibility index (Phi) is 8.40. The SMILES string of the molecule is COc1ccc(C(OC[C@H]2O[C@@H](n3cc(I)c(=O)[nH]c3=O)C[C@H]2O)(c2ccccc2)c2ccc(OC)cc2)cc1. The zero-order valence-electron chi connectivity index (χ0n) is 22.0. The van der Waals surface area contributed by atoms with E-state index in [1.807, 2.05) is 101 Å². The molecule has 208 valence electrons. The van der Waals surface area contributed by atoms with E-state index in [0.29, 0.717) is 15.1 Å². The highest BCUT2D eigenvalue weighted by atomic mass is 127. The molecule has 0 bridgehead atoms. The molecule has 0 saturated carbocycles. The number of rotatable bonds is 9. The number of aromatic amines is 1. The minimum atomic E-state index is -1.08. The highest BCUT2D eigenvalue weighted by molar-refractivity contribution is 14.1. The normalized spacial score (nSPS) is 18.9. The summed E-state index contributed by atoms with van der Waals surface area (Å²) in [7, 11) is 3.23. The third-order valence-electron chi connectivity index (χ3n) is 7.08. The van der Waals surface area contributed by atoms with E-state index in [9.17, 15) is 14.7 Å². The average Bonchev–Trinajstić information content (AvgIpc) is 3.36. The first-order valence-corrected chi connectivity index (χ1v) is 13.8. The molecule has 5 rings (SSSR count). The van der Waals surface area contributed by atoms with Crippen LogP contribution in [0.25, 0.3) is 0 Å². The van der Waals surface area contributed by atoms with Crippen molar-refractivity contribution in [2.45, 2.75) is 30.5 Å². The van der Waals surface area contributed by atoms with E-state index in [2.05, 4.69) is 4.98 Å². The predicted molar refractivity (Wildman–Crippen MR) is 157 cm³/mol. The second kappa shape index (κ2) is 12.0. The number of aliphatic hydroxyl groups is 1. The summed E-state index contributed by atoms with van der Waals surface area (Å²) in [4.78, 5) is 26.6. The molecule has 1 aromatic heterocycles. The van der Waals surface area contributed by atoms with Gasteiger partial charge in [-0.15, -0.1) is 0 Å². The molecule has 1 aliphatic heterocycles. The van der Waals surface area contributed by atoms with Crippen molar-refractivity contribution in [2.24, 2.45) is 0 Å². The standard InChI is InChI=1S/C30H29IN2O7/c1-37-22-12-8-20(9-13-22)30(19-6-4-3-5-7-19,21-10-14-23(38-2)15-11-21)39-18-26-25(34)16-27(40-26)33-17-24(31)28(35)32-29(33)36/h3-15,17,25-27,34H,16,18H2,1-2H3,(H,32,35,36)/t25-,26-,27-/m1/s1. The van der Waals surface area contributed by atoms with Crippen molar-refractivity contribution in [3.8, 4) is 11.5 Å². The number of H-pyrrole nitrogens is 1. The topological polar surface area (TPSA) is 112 Å². The third kappa shape index (κ3) is 5.44. The second-order valence-electron chi connectivity index (χ2n) is 9.39. The molecular formula is C30H29IN2O7. The van der Waals surface area contributed by atoms with E-state index in [1.54, 1.807) is 14.2 Å². The highest BCUT2D eigenvalue weighted by Crippen LogP contribution is 2.42. The maximum absolute atomic E-state index is 12.5. The summed E-state index contributed by atoms with van der Waals surface area (Å²) in [6.07, 6.45) is -0.789. The molecule has 9 nitrogen and oxygen atoms in total. The maximum atomic E-state index is 12.5. The number of hydrogen-bond acceptors (Lipinski definition) is 7. The summed E-state index contributed by atoms with van der Waals surface area (Å²) in [6.45, 7) is 0.0137. The highest BCUT2D eigenvalue weighted by Gasteiger charge is 2.42. The molecule has 1 aliphatic rings. The molecule has 1 fully saturated rings. The average molecular weight is 656 g/mol. The van der Waals surface area contributed by atoms with E-state index in [-0.39, 0.29) is 13.0 Å². The number of ether oxygens (including phenoxy) is 4. The number of hydrogen-bond donors (Lipinski definition) is 2. The summed E-state index contributed by atoms with van der Waals surface area (Å²) < 4.78 is 25.4. The molecule has 3 atom stereocenters. The largest absolute Gasteiger partial charge is 0.497 e. The summed E-state index contributed by atoms with van der Waals surface area (Å²) in [5, 5.41) is 11.0. The molecule has 2 N–H and O–H groups in total. The van der Waals surface area contributed by atoms with Gasteiger partial charge in [0.2, 0.25) is 0 Å². The Hall–Kier alpha value is -3.45. The van der Waals surface area contributed by atoms with Gasteiger partial charge in [0.15, 0.2) is 0 Å². The molecule has 4 aromatic rings. The first-order valence-electron chi connectivity index (χ1n) is 12.7. The van der Waals surface area contributed by atoms with Crippen LogP contribution in [0.15, 0.2) is 94.6 Å². The lowest BCUT2D eigenvalue weighted by Gasteiger charge is -2.37. The van der Waals surface area contributed by atoms with Crippen molar-refractivity contribution in [1.29, 1.82) is 0 Å². The van der Waals surface area contributed by atoms with Gasteiger partial charge in [0.25, 0.3) is 5.56 Å². The van der Waals surface area contributed by atoms with Crippen LogP contribution < -0.4 is 20.7 Å². The Bertz CT molecular complexity index is 1500. The van der Waals surface area contributed by atoms with Crippen LogP contribution >= 0.6 is 22.6 Å². The lowest BCUT2D eigenvalue weighted by atomic mass is 9.80. The maximum Gasteiger partial charge on any atom is 0.330 e. The van der Waals surface area contributed by atoms with Crippen LogP contribution in [-0.4, -0.2) is 47.7 Å². The van der Waals surface area contributed by atoms with Crippen LogP contribution in [0.5, 0.6) is 11.5 Å². The molecule has 3 aromatic carbocycles. The molecule has 1 saturated heterocycles. The van der Waals surface area contributed by atoms with Crippen molar-refractivity contribution in [2.75, 3.05) is 20.8 Å². The molecular weight excluding hydrogens is 627 g/mol. The predicted octanol–water partition coefficient (Wildman–Crippen LogP) is 3.82. The van der Waals surface area contributed by atoms with Gasteiger partial charge in [0.05, 0.1) is 30.5 Å². The van der Waals surface area contributed by atoms with Gasteiger partial charge >= 0.3 is 5.69 Å². The van der Waals surface area contributed by atoms with Crippen LogP contribution in [0.4, 0.5) is 0 Å². The molecule has 0 radical (unpaired) electrons. The van der Waals surface area contributed by atoms with Crippen LogP contribution in [0.3, 0.4) is 0 Å². The van der Waals surface area contributed by atoms with Gasteiger partial charge in [-0.05, 0) is 63.5 Å². The molecule has 0 unspecified atom stereocenters. The number of aromatic nitrogens is 2. The Morgan fingerprint density at radius 2 is 1.48 bits per heavy atom. The van der Waals surface area contributed by atoms with Gasteiger partial charge in [0, 0.05) is 12.6 Å². The van der Waals surface area contributed by atoms with Crippen LogP contribution in [0.1, 0.15) is 29.3 Å². The van der Waals surface area contributed by atoms with Gasteiger partial charge in [-0.25, -0.2) is 4.79 Å². The molecule has 0 aliphatic carbocycles. The Morgan fingerprint density at radius 3 is 2.02 bits per heavy atom.